The number of carbonyl (C=O) groups is 1. The largest absolute Gasteiger partial charge is 0.497 e. The molecule has 2 aliphatic rings. The number of halogens is 1. The number of hydrogen-bond acceptors (Lipinski definition) is 4. The molecule has 2 saturated carbocycles. The van der Waals surface area contributed by atoms with Crippen molar-refractivity contribution in [2.24, 2.45) is 11.5 Å². The molecule has 0 heterocycles. The Morgan fingerprint density at radius 3 is 1.48 bits per heavy atom. The molecular weight excluding hydrogens is 388 g/mol. The summed E-state index contributed by atoms with van der Waals surface area (Å²) in [5.74, 6) is 1.49. The van der Waals surface area contributed by atoms with Gasteiger partial charge in [-0.1, -0.05) is 30.7 Å². The van der Waals surface area contributed by atoms with E-state index in [9.17, 15) is 4.79 Å². The number of ether oxygens (including phenoxy) is 2. The third kappa shape index (κ3) is 4.68. The van der Waals surface area contributed by atoms with Crippen LogP contribution in [0.5, 0.6) is 11.5 Å². The lowest BCUT2D eigenvalue weighted by atomic mass is 9.64. The summed E-state index contributed by atoms with van der Waals surface area (Å²) < 4.78 is 10.2. The van der Waals surface area contributed by atoms with Gasteiger partial charge >= 0.3 is 0 Å². The maximum Gasteiger partial charge on any atom is 0.228 e. The fourth-order valence-electron chi connectivity index (χ4n) is 3.89. The second-order valence-electron chi connectivity index (χ2n) is 7.77. The van der Waals surface area contributed by atoms with E-state index in [0.717, 1.165) is 49.2 Å². The average Bonchev–Trinajstić information content (AvgIpc) is 2.66. The molecule has 0 aromatic heterocycles. The van der Waals surface area contributed by atoms with E-state index < -0.39 is 5.41 Å². The lowest BCUT2D eigenvalue weighted by molar-refractivity contribution is -0.126. The van der Waals surface area contributed by atoms with Gasteiger partial charge in [0.1, 0.15) is 11.5 Å². The first-order chi connectivity index (χ1) is 13.4. The molecule has 4 N–H and O–H groups in total. The van der Waals surface area contributed by atoms with Crippen molar-refractivity contribution < 1.29 is 14.3 Å². The van der Waals surface area contributed by atoms with Crippen LogP contribution in [0.4, 0.5) is 0 Å². The normalized spacial score (nSPS) is 17.9. The van der Waals surface area contributed by atoms with Gasteiger partial charge in [0.2, 0.25) is 5.91 Å². The van der Waals surface area contributed by atoms with Gasteiger partial charge in [-0.15, -0.1) is 12.4 Å². The molecule has 2 aromatic rings. The van der Waals surface area contributed by atoms with Gasteiger partial charge in [0, 0.05) is 5.54 Å². The number of methoxy groups -OCH3 is 2. The number of carbonyl (C=O) groups excluding carboxylic acids is 1. The Balaban J connectivity index is 0.000000202. The Morgan fingerprint density at radius 2 is 1.21 bits per heavy atom. The summed E-state index contributed by atoms with van der Waals surface area (Å²) in [5.41, 5.74) is 13.4. The fraction of sp³-hybridized carbons (Fsp3) is 0.435. The highest BCUT2D eigenvalue weighted by Gasteiger charge is 2.44. The van der Waals surface area contributed by atoms with Crippen LogP contribution in [-0.4, -0.2) is 20.1 Å². The standard InChI is InChI=1S/C12H15NO2.C11H15NO.ClH/c1-15-10-5-3-9(4-6-10)12(11(13)14)7-2-8-12;1-13-10-5-3-9(4-6-10)11(12)7-2-8-11;/h3-6H,2,7-8H2,1H3,(H2,13,14);3-6H,2,7-8,12H2,1H3;1H. The first kappa shape index (κ1) is 23.0. The highest BCUT2D eigenvalue weighted by molar-refractivity contribution is 5.87. The Kier molecular flexibility index (Phi) is 7.55. The molecule has 1 amide bonds. The van der Waals surface area contributed by atoms with Crippen LogP contribution >= 0.6 is 12.4 Å². The molecule has 5 nitrogen and oxygen atoms in total. The zero-order valence-corrected chi connectivity index (χ0v) is 18.0. The highest BCUT2D eigenvalue weighted by atomic mass is 35.5. The smallest absolute Gasteiger partial charge is 0.228 e. The van der Waals surface area contributed by atoms with Crippen molar-refractivity contribution in [1.29, 1.82) is 0 Å². The van der Waals surface area contributed by atoms with Crippen LogP contribution in [0.2, 0.25) is 0 Å². The summed E-state index contributed by atoms with van der Waals surface area (Å²) >= 11 is 0. The first-order valence-corrected chi connectivity index (χ1v) is 9.81. The van der Waals surface area contributed by atoms with E-state index in [2.05, 4.69) is 12.1 Å². The van der Waals surface area contributed by atoms with E-state index in [1.165, 1.54) is 12.0 Å². The Labute approximate surface area is 179 Å². The number of amides is 1. The van der Waals surface area contributed by atoms with Gasteiger partial charge in [-0.25, -0.2) is 0 Å². The molecule has 0 atom stereocenters. The van der Waals surface area contributed by atoms with Crippen molar-refractivity contribution in [3.05, 3.63) is 59.7 Å². The predicted molar refractivity (Wildman–Crippen MR) is 118 cm³/mol. The van der Waals surface area contributed by atoms with Crippen LogP contribution in [0.25, 0.3) is 0 Å². The molecule has 2 fully saturated rings. The number of benzene rings is 2. The van der Waals surface area contributed by atoms with Crippen LogP contribution in [0.3, 0.4) is 0 Å². The summed E-state index contributed by atoms with van der Waals surface area (Å²) in [6, 6.07) is 15.7. The second kappa shape index (κ2) is 9.51. The molecule has 158 valence electrons. The first-order valence-electron chi connectivity index (χ1n) is 9.81. The van der Waals surface area contributed by atoms with E-state index in [1.54, 1.807) is 14.2 Å². The molecular formula is C23H31ClN2O3. The molecule has 0 aliphatic heterocycles. The van der Waals surface area contributed by atoms with Gasteiger partial charge < -0.3 is 20.9 Å². The van der Waals surface area contributed by atoms with Crippen LogP contribution < -0.4 is 20.9 Å². The van der Waals surface area contributed by atoms with E-state index in [-0.39, 0.29) is 23.9 Å². The molecule has 0 unspecified atom stereocenters. The Hall–Kier alpha value is -2.24. The summed E-state index contributed by atoms with van der Waals surface area (Å²) in [7, 11) is 3.30. The van der Waals surface area contributed by atoms with Crippen LogP contribution in [-0.2, 0) is 15.7 Å². The lowest BCUT2D eigenvalue weighted by Crippen LogP contribution is -2.46. The molecule has 0 radical (unpaired) electrons. The van der Waals surface area contributed by atoms with Gasteiger partial charge in [0.15, 0.2) is 0 Å². The molecule has 0 saturated heterocycles. The third-order valence-electron chi connectivity index (χ3n) is 6.23. The second-order valence-corrected chi connectivity index (χ2v) is 7.77. The molecule has 0 spiro atoms. The molecule has 2 aliphatic carbocycles. The molecule has 4 rings (SSSR count). The fourth-order valence-corrected chi connectivity index (χ4v) is 3.89. The van der Waals surface area contributed by atoms with Crippen LogP contribution in [0.1, 0.15) is 49.7 Å². The van der Waals surface area contributed by atoms with Gasteiger partial charge in [-0.05, 0) is 67.5 Å². The van der Waals surface area contributed by atoms with Crippen molar-refractivity contribution in [3.63, 3.8) is 0 Å². The SMILES string of the molecule is COc1ccc(C2(C(N)=O)CCC2)cc1.COc1ccc(C2(N)CCC2)cc1.Cl. The molecule has 6 heteroatoms. The molecule has 2 aromatic carbocycles. The maximum atomic E-state index is 11.4. The van der Waals surface area contributed by atoms with Gasteiger partial charge in [-0.2, -0.15) is 0 Å². The summed E-state index contributed by atoms with van der Waals surface area (Å²) in [4.78, 5) is 11.4. The Morgan fingerprint density at radius 1 is 0.793 bits per heavy atom. The van der Waals surface area contributed by atoms with Gasteiger partial charge in [-0.3, -0.25) is 4.79 Å². The van der Waals surface area contributed by atoms with Crippen molar-refractivity contribution in [2.45, 2.75) is 49.5 Å². The van der Waals surface area contributed by atoms with Crippen molar-refractivity contribution in [1.82, 2.24) is 0 Å². The van der Waals surface area contributed by atoms with E-state index in [1.807, 2.05) is 36.4 Å². The summed E-state index contributed by atoms with van der Waals surface area (Å²) in [6.45, 7) is 0. The summed E-state index contributed by atoms with van der Waals surface area (Å²) in [6.07, 6.45) is 6.29. The number of nitrogens with two attached hydrogens (primary N) is 2. The lowest BCUT2D eigenvalue weighted by Gasteiger charge is -2.39. The quantitative estimate of drug-likeness (QED) is 0.766. The van der Waals surface area contributed by atoms with Gasteiger partial charge in [0.25, 0.3) is 0 Å². The predicted octanol–water partition coefficient (Wildman–Crippen LogP) is 4.06. The average molecular weight is 419 g/mol. The number of rotatable bonds is 5. The molecule has 29 heavy (non-hydrogen) atoms. The van der Waals surface area contributed by atoms with E-state index in [4.69, 9.17) is 20.9 Å². The maximum absolute atomic E-state index is 11.4. The number of primary amides is 1. The minimum absolute atomic E-state index is 0. The Bertz CT molecular complexity index is 798. The monoisotopic (exact) mass is 418 g/mol. The topological polar surface area (TPSA) is 87.6 Å². The van der Waals surface area contributed by atoms with Crippen molar-refractivity contribution in [2.75, 3.05) is 14.2 Å². The number of hydrogen-bond donors (Lipinski definition) is 2. The van der Waals surface area contributed by atoms with Crippen molar-refractivity contribution >= 4 is 18.3 Å². The highest BCUT2D eigenvalue weighted by Crippen LogP contribution is 2.43. The minimum atomic E-state index is -0.410. The van der Waals surface area contributed by atoms with Crippen molar-refractivity contribution in [3.8, 4) is 11.5 Å². The van der Waals surface area contributed by atoms with Crippen LogP contribution in [0, 0.1) is 0 Å². The third-order valence-corrected chi connectivity index (χ3v) is 6.23. The minimum Gasteiger partial charge on any atom is -0.497 e. The summed E-state index contributed by atoms with van der Waals surface area (Å²) in [5, 5.41) is 0. The van der Waals surface area contributed by atoms with E-state index in [0.29, 0.717) is 0 Å². The van der Waals surface area contributed by atoms with Gasteiger partial charge in [0.05, 0.1) is 19.6 Å². The van der Waals surface area contributed by atoms with E-state index >= 15 is 0 Å². The van der Waals surface area contributed by atoms with Crippen LogP contribution in [0.15, 0.2) is 48.5 Å². The zero-order valence-electron chi connectivity index (χ0n) is 17.1. The zero-order chi connectivity index (χ0) is 20.2. The molecule has 0 bridgehead atoms.